The number of nitrogens with zero attached hydrogens (tertiary/aromatic N) is 2. The van der Waals surface area contributed by atoms with Crippen molar-refractivity contribution in [3.05, 3.63) is 64.0 Å². The quantitative estimate of drug-likeness (QED) is 0.650. The molecule has 0 fully saturated rings. The van der Waals surface area contributed by atoms with E-state index in [9.17, 15) is 9.59 Å². The van der Waals surface area contributed by atoms with Crippen LogP contribution in [0.1, 0.15) is 23.8 Å². The van der Waals surface area contributed by atoms with Gasteiger partial charge in [0.15, 0.2) is 0 Å². The monoisotopic (exact) mass is 367 g/mol. The Morgan fingerprint density at radius 2 is 2.23 bits per heavy atom. The van der Waals surface area contributed by atoms with Crippen molar-refractivity contribution in [2.24, 2.45) is 0 Å². The first-order chi connectivity index (χ1) is 12.6. The van der Waals surface area contributed by atoms with Crippen LogP contribution in [0.15, 0.2) is 53.6 Å². The number of aromatic nitrogens is 1. The minimum absolute atomic E-state index is 0.00219. The molecule has 3 rings (SSSR count). The number of hydrogen-bond donors (Lipinski definition) is 1. The third kappa shape index (κ3) is 5.13. The summed E-state index contributed by atoms with van der Waals surface area (Å²) in [6.45, 7) is 2.84. The van der Waals surface area contributed by atoms with Crippen LogP contribution < -0.4 is 5.32 Å². The molecule has 0 saturated carbocycles. The Labute approximate surface area is 157 Å². The molecule has 0 aliphatic carbocycles. The molecule has 3 heterocycles. The summed E-state index contributed by atoms with van der Waals surface area (Å²) >= 11 is 1.77. The van der Waals surface area contributed by atoms with Gasteiger partial charge < -0.3 is 10.2 Å². The Balaban J connectivity index is 1.52. The lowest BCUT2D eigenvalue weighted by Crippen LogP contribution is -2.33. The Kier molecular flexibility index (Phi) is 5.96. The second-order valence-corrected chi connectivity index (χ2v) is 7.18. The van der Waals surface area contributed by atoms with Crippen molar-refractivity contribution in [3.8, 4) is 0 Å². The van der Waals surface area contributed by atoms with E-state index in [0.717, 1.165) is 24.9 Å². The van der Waals surface area contributed by atoms with Crippen LogP contribution in [0.25, 0.3) is 6.08 Å². The van der Waals surface area contributed by atoms with Crippen LogP contribution in [-0.2, 0) is 16.0 Å². The molecule has 2 aromatic heterocycles. The molecular weight excluding hydrogens is 346 g/mol. The van der Waals surface area contributed by atoms with Gasteiger partial charge in [0, 0.05) is 43.6 Å². The molecule has 0 spiro atoms. The zero-order valence-electron chi connectivity index (χ0n) is 14.6. The molecule has 0 radical (unpaired) electrons. The van der Waals surface area contributed by atoms with Crippen molar-refractivity contribution in [2.75, 3.05) is 18.4 Å². The van der Waals surface area contributed by atoms with E-state index in [1.165, 1.54) is 17.4 Å². The summed E-state index contributed by atoms with van der Waals surface area (Å²) in [6, 6.07) is 7.75. The number of pyridine rings is 1. The number of thiophene rings is 1. The van der Waals surface area contributed by atoms with Crippen LogP contribution >= 0.6 is 11.3 Å². The smallest absolute Gasteiger partial charge is 0.246 e. The topological polar surface area (TPSA) is 62.3 Å². The van der Waals surface area contributed by atoms with Crippen molar-refractivity contribution >= 4 is 35.0 Å². The fourth-order valence-corrected chi connectivity index (χ4v) is 3.50. The highest BCUT2D eigenvalue weighted by molar-refractivity contribution is 7.09. The van der Waals surface area contributed by atoms with Crippen LogP contribution in [0.3, 0.4) is 0 Å². The predicted molar refractivity (Wildman–Crippen MR) is 105 cm³/mol. The average molecular weight is 367 g/mol. The van der Waals surface area contributed by atoms with Gasteiger partial charge in [-0.05, 0) is 41.6 Å². The number of amides is 2. The zero-order chi connectivity index (χ0) is 18.4. The summed E-state index contributed by atoms with van der Waals surface area (Å²) < 4.78 is 0. The van der Waals surface area contributed by atoms with E-state index < -0.39 is 0 Å². The van der Waals surface area contributed by atoms with Gasteiger partial charge in [0.05, 0.1) is 0 Å². The predicted octanol–water partition coefficient (Wildman–Crippen LogP) is 3.52. The van der Waals surface area contributed by atoms with Gasteiger partial charge in [-0.1, -0.05) is 17.7 Å². The normalized spacial score (nSPS) is 14.3. The third-order valence-electron chi connectivity index (χ3n) is 4.11. The van der Waals surface area contributed by atoms with Gasteiger partial charge >= 0.3 is 0 Å². The standard InChI is InChI=1S/C20H21N3O2S/c1-15(24)22-19-6-4-17(14-21-19)5-7-20(25)23-10-8-16(9-11-23)13-18-3-2-12-26-18/h2-8,12,14H,9-11,13H2,1H3,(H,21,22,24)/b7-5+. The molecule has 6 heteroatoms. The molecule has 1 aliphatic rings. The van der Waals surface area contributed by atoms with Gasteiger partial charge in [-0.15, -0.1) is 11.3 Å². The Bertz CT molecular complexity index is 823. The first-order valence-electron chi connectivity index (χ1n) is 8.51. The largest absolute Gasteiger partial charge is 0.335 e. The molecule has 0 unspecified atom stereocenters. The molecule has 1 aliphatic heterocycles. The molecule has 26 heavy (non-hydrogen) atoms. The minimum atomic E-state index is -0.160. The summed E-state index contributed by atoms with van der Waals surface area (Å²) in [5.41, 5.74) is 2.22. The first-order valence-corrected chi connectivity index (χ1v) is 9.39. The van der Waals surface area contributed by atoms with Crippen LogP contribution in [-0.4, -0.2) is 34.8 Å². The highest BCUT2D eigenvalue weighted by Crippen LogP contribution is 2.19. The summed E-state index contributed by atoms with van der Waals surface area (Å²) in [7, 11) is 0. The van der Waals surface area contributed by atoms with Gasteiger partial charge in [0.25, 0.3) is 0 Å². The number of nitrogens with one attached hydrogen (secondary N) is 1. The Hall–Kier alpha value is -2.73. The SMILES string of the molecule is CC(=O)Nc1ccc(/C=C/C(=O)N2CC=C(Cc3cccs3)CC2)cn1. The number of carbonyl (C=O) groups excluding carboxylic acids is 2. The summed E-state index contributed by atoms with van der Waals surface area (Å²) in [6.07, 6.45) is 9.03. The number of anilines is 1. The molecule has 0 atom stereocenters. The van der Waals surface area contributed by atoms with Gasteiger partial charge in [0.2, 0.25) is 11.8 Å². The average Bonchev–Trinajstić information content (AvgIpc) is 3.14. The van der Waals surface area contributed by atoms with Crippen molar-refractivity contribution < 1.29 is 9.59 Å². The lowest BCUT2D eigenvalue weighted by Gasteiger charge is -2.25. The minimum Gasteiger partial charge on any atom is -0.335 e. The summed E-state index contributed by atoms with van der Waals surface area (Å²) in [5, 5.41) is 4.71. The maximum absolute atomic E-state index is 12.3. The van der Waals surface area contributed by atoms with Crippen LogP contribution in [0, 0.1) is 0 Å². The molecule has 0 saturated heterocycles. The van der Waals surface area contributed by atoms with Gasteiger partial charge in [-0.3, -0.25) is 9.59 Å². The number of carbonyl (C=O) groups is 2. The molecule has 134 valence electrons. The molecule has 1 N–H and O–H groups in total. The molecule has 2 aromatic rings. The van der Waals surface area contributed by atoms with Crippen LogP contribution in [0.5, 0.6) is 0 Å². The van der Waals surface area contributed by atoms with Crippen LogP contribution in [0.2, 0.25) is 0 Å². The van der Waals surface area contributed by atoms with E-state index in [4.69, 9.17) is 0 Å². The molecule has 0 bridgehead atoms. The Morgan fingerprint density at radius 3 is 2.85 bits per heavy atom. The highest BCUT2D eigenvalue weighted by Gasteiger charge is 2.15. The van der Waals surface area contributed by atoms with E-state index in [0.29, 0.717) is 12.4 Å². The maximum atomic E-state index is 12.3. The summed E-state index contributed by atoms with van der Waals surface area (Å²) in [5.74, 6) is 0.343. The van der Waals surface area contributed by atoms with Crippen molar-refractivity contribution in [2.45, 2.75) is 19.8 Å². The van der Waals surface area contributed by atoms with E-state index >= 15 is 0 Å². The molecule has 0 aromatic carbocycles. The zero-order valence-corrected chi connectivity index (χ0v) is 15.5. The lowest BCUT2D eigenvalue weighted by atomic mass is 10.0. The second-order valence-electron chi connectivity index (χ2n) is 6.14. The van der Waals surface area contributed by atoms with Crippen LogP contribution in [0.4, 0.5) is 5.82 Å². The number of rotatable bonds is 5. The van der Waals surface area contributed by atoms with E-state index in [2.05, 4.69) is 33.9 Å². The fraction of sp³-hybridized carbons (Fsp3) is 0.250. The van der Waals surface area contributed by atoms with Gasteiger partial charge in [0.1, 0.15) is 5.82 Å². The second kappa shape index (κ2) is 8.58. The maximum Gasteiger partial charge on any atom is 0.246 e. The fourth-order valence-electron chi connectivity index (χ4n) is 2.74. The first kappa shape index (κ1) is 18.1. The van der Waals surface area contributed by atoms with Crippen molar-refractivity contribution in [3.63, 3.8) is 0 Å². The lowest BCUT2D eigenvalue weighted by molar-refractivity contribution is -0.125. The van der Waals surface area contributed by atoms with Crippen molar-refractivity contribution in [1.82, 2.24) is 9.88 Å². The Morgan fingerprint density at radius 1 is 1.35 bits per heavy atom. The highest BCUT2D eigenvalue weighted by atomic mass is 32.1. The van der Waals surface area contributed by atoms with Gasteiger partial charge in [-0.25, -0.2) is 4.98 Å². The third-order valence-corrected chi connectivity index (χ3v) is 4.98. The molecular formula is C20H21N3O2S. The molecule has 5 nitrogen and oxygen atoms in total. The summed E-state index contributed by atoms with van der Waals surface area (Å²) in [4.78, 5) is 30.7. The van der Waals surface area contributed by atoms with Gasteiger partial charge in [-0.2, -0.15) is 0 Å². The van der Waals surface area contributed by atoms with E-state index in [1.54, 1.807) is 35.8 Å². The van der Waals surface area contributed by atoms with E-state index in [-0.39, 0.29) is 11.8 Å². The molecule has 2 amide bonds. The van der Waals surface area contributed by atoms with Crippen molar-refractivity contribution in [1.29, 1.82) is 0 Å². The van der Waals surface area contributed by atoms with E-state index in [1.807, 2.05) is 11.0 Å². The number of hydrogen-bond acceptors (Lipinski definition) is 4.